The molecule has 1 atom stereocenters. The molecule has 0 bridgehead atoms. The fraction of sp³-hybridized carbons (Fsp3) is 0.250. The van der Waals surface area contributed by atoms with Crippen molar-refractivity contribution in [3.63, 3.8) is 0 Å². The van der Waals surface area contributed by atoms with Crippen molar-refractivity contribution in [2.75, 3.05) is 17.2 Å². The summed E-state index contributed by atoms with van der Waals surface area (Å²) in [5.41, 5.74) is 1.46. The fourth-order valence-electron chi connectivity index (χ4n) is 1.39. The highest BCUT2D eigenvalue weighted by atomic mass is 16.6. The van der Waals surface area contributed by atoms with Crippen molar-refractivity contribution in [2.24, 2.45) is 0 Å². The SMILES string of the molecule is O=[N+]([O-])c1ccc2c(c1)NC(CO)N2. The van der Waals surface area contributed by atoms with E-state index >= 15 is 0 Å². The van der Waals surface area contributed by atoms with Gasteiger partial charge in [0.15, 0.2) is 0 Å². The number of aliphatic hydroxyl groups is 1. The molecule has 0 saturated carbocycles. The molecule has 0 spiro atoms. The molecule has 1 aromatic rings. The highest BCUT2D eigenvalue weighted by Crippen LogP contribution is 2.31. The predicted octanol–water partition coefficient (Wildman–Crippen LogP) is 0.751. The molecule has 0 saturated heterocycles. The Hall–Kier alpha value is -1.82. The molecule has 1 aliphatic rings. The van der Waals surface area contributed by atoms with Crippen molar-refractivity contribution >= 4 is 17.1 Å². The average molecular weight is 195 g/mol. The van der Waals surface area contributed by atoms with E-state index in [9.17, 15) is 10.1 Å². The molecule has 74 valence electrons. The molecule has 0 radical (unpaired) electrons. The number of nitrogens with one attached hydrogen (secondary N) is 2. The third kappa shape index (κ3) is 1.35. The highest BCUT2D eigenvalue weighted by Gasteiger charge is 2.20. The summed E-state index contributed by atoms with van der Waals surface area (Å²) in [7, 11) is 0. The van der Waals surface area contributed by atoms with Gasteiger partial charge in [-0.2, -0.15) is 0 Å². The van der Waals surface area contributed by atoms with Crippen molar-refractivity contribution in [2.45, 2.75) is 6.17 Å². The first-order valence-corrected chi connectivity index (χ1v) is 4.13. The van der Waals surface area contributed by atoms with Crippen LogP contribution in [0.1, 0.15) is 0 Å². The number of benzene rings is 1. The quantitative estimate of drug-likeness (QED) is 0.478. The lowest BCUT2D eigenvalue weighted by atomic mass is 10.2. The summed E-state index contributed by atoms with van der Waals surface area (Å²) in [4.78, 5) is 10.0. The minimum Gasteiger partial charge on any atom is -0.392 e. The Morgan fingerprint density at radius 2 is 2.14 bits per heavy atom. The van der Waals surface area contributed by atoms with Crippen LogP contribution in [0.3, 0.4) is 0 Å². The van der Waals surface area contributed by atoms with Crippen LogP contribution in [0, 0.1) is 10.1 Å². The summed E-state index contributed by atoms with van der Waals surface area (Å²) >= 11 is 0. The summed E-state index contributed by atoms with van der Waals surface area (Å²) in [5.74, 6) is 0. The maximum absolute atomic E-state index is 10.5. The molecular formula is C8H9N3O3. The third-order valence-electron chi connectivity index (χ3n) is 2.06. The molecule has 14 heavy (non-hydrogen) atoms. The zero-order chi connectivity index (χ0) is 10.1. The van der Waals surface area contributed by atoms with Gasteiger partial charge in [-0.1, -0.05) is 0 Å². The fourth-order valence-corrected chi connectivity index (χ4v) is 1.39. The summed E-state index contributed by atoms with van der Waals surface area (Å²) < 4.78 is 0. The van der Waals surface area contributed by atoms with E-state index in [1.165, 1.54) is 12.1 Å². The molecule has 0 aliphatic carbocycles. The molecule has 0 amide bonds. The highest BCUT2D eigenvalue weighted by molar-refractivity contribution is 5.76. The summed E-state index contributed by atoms with van der Waals surface area (Å²) in [6.07, 6.45) is -0.257. The summed E-state index contributed by atoms with van der Waals surface area (Å²) in [5, 5.41) is 25.2. The normalized spacial score (nSPS) is 18.2. The van der Waals surface area contributed by atoms with Gasteiger partial charge in [0.05, 0.1) is 22.9 Å². The van der Waals surface area contributed by atoms with Gasteiger partial charge >= 0.3 is 0 Å². The number of nitro benzene ring substituents is 1. The van der Waals surface area contributed by atoms with Crippen LogP contribution in [0.15, 0.2) is 18.2 Å². The monoisotopic (exact) mass is 195 g/mol. The first-order valence-electron chi connectivity index (χ1n) is 4.13. The van der Waals surface area contributed by atoms with Crippen molar-refractivity contribution in [3.8, 4) is 0 Å². The lowest BCUT2D eigenvalue weighted by Gasteiger charge is -2.06. The zero-order valence-electron chi connectivity index (χ0n) is 7.23. The van der Waals surface area contributed by atoms with E-state index in [0.717, 1.165) is 5.69 Å². The Morgan fingerprint density at radius 3 is 2.79 bits per heavy atom. The topological polar surface area (TPSA) is 87.4 Å². The number of fused-ring (bicyclic) bond motifs is 1. The van der Waals surface area contributed by atoms with Crippen molar-refractivity contribution in [3.05, 3.63) is 28.3 Å². The van der Waals surface area contributed by atoms with E-state index in [0.29, 0.717) is 5.69 Å². The van der Waals surface area contributed by atoms with Crippen LogP contribution in [0.25, 0.3) is 0 Å². The summed E-state index contributed by atoms with van der Waals surface area (Å²) in [6, 6.07) is 4.49. The Morgan fingerprint density at radius 1 is 1.43 bits per heavy atom. The molecule has 6 nitrogen and oxygen atoms in total. The number of hydrogen-bond donors (Lipinski definition) is 3. The van der Waals surface area contributed by atoms with Crippen LogP contribution in [-0.2, 0) is 0 Å². The number of rotatable bonds is 2. The maximum atomic E-state index is 10.5. The van der Waals surface area contributed by atoms with E-state index in [1.54, 1.807) is 6.07 Å². The van der Waals surface area contributed by atoms with Crippen LogP contribution >= 0.6 is 0 Å². The van der Waals surface area contributed by atoms with Gasteiger partial charge in [-0.15, -0.1) is 0 Å². The molecule has 1 aliphatic heterocycles. The van der Waals surface area contributed by atoms with Gasteiger partial charge in [0.25, 0.3) is 5.69 Å². The van der Waals surface area contributed by atoms with Gasteiger partial charge in [-0.3, -0.25) is 10.1 Å². The molecule has 1 heterocycles. The standard InChI is InChI=1S/C8H9N3O3/c12-4-8-9-6-2-1-5(11(13)14)3-7(6)10-8/h1-3,8-10,12H,4H2. The van der Waals surface area contributed by atoms with E-state index in [4.69, 9.17) is 5.11 Å². The molecule has 0 aromatic heterocycles. The van der Waals surface area contributed by atoms with Crippen LogP contribution in [0.2, 0.25) is 0 Å². The van der Waals surface area contributed by atoms with Crippen LogP contribution < -0.4 is 10.6 Å². The van der Waals surface area contributed by atoms with Gasteiger partial charge < -0.3 is 15.7 Å². The lowest BCUT2D eigenvalue weighted by Crippen LogP contribution is -2.25. The van der Waals surface area contributed by atoms with E-state index in [-0.39, 0.29) is 18.5 Å². The predicted molar refractivity (Wildman–Crippen MR) is 51.2 cm³/mol. The van der Waals surface area contributed by atoms with E-state index in [1.807, 2.05) is 0 Å². The van der Waals surface area contributed by atoms with Gasteiger partial charge in [-0.25, -0.2) is 0 Å². The average Bonchev–Trinajstić information content (AvgIpc) is 2.58. The lowest BCUT2D eigenvalue weighted by molar-refractivity contribution is -0.384. The molecule has 1 aromatic carbocycles. The first-order chi connectivity index (χ1) is 6.70. The smallest absolute Gasteiger partial charge is 0.271 e. The molecule has 1 unspecified atom stereocenters. The largest absolute Gasteiger partial charge is 0.392 e. The second kappa shape index (κ2) is 3.15. The molecular weight excluding hydrogens is 186 g/mol. The van der Waals surface area contributed by atoms with E-state index < -0.39 is 4.92 Å². The van der Waals surface area contributed by atoms with Crippen LogP contribution in [0.5, 0.6) is 0 Å². The third-order valence-corrected chi connectivity index (χ3v) is 2.06. The van der Waals surface area contributed by atoms with Crippen molar-refractivity contribution in [1.29, 1.82) is 0 Å². The van der Waals surface area contributed by atoms with Crippen molar-refractivity contribution in [1.82, 2.24) is 0 Å². The van der Waals surface area contributed by atoms with Crippen molar-refractivity contribution < 1.29 is 10.0 Å². The molecule has 3 N–H and O–H groups in total. The van der Waals surface area contributed by atoms with Crippen LogP contribution in [0.4, 0.5) is 17.1 Å². The summed E-state index contributed by atoms with van der Waals surface area (Å²) in [6.45, 7) is -0.0670. The Labute approximate surface area is 79.7 Å². The molecule has 0 fully saturated rings. The number of aliphatic hydroxyl groups excluding tert-OH is 1. The number of nitro groups is 1. The Kier molecular flexibility index (Phi) is 1.97. The number of anilines is 2. The molecule has 2 rings (SSSR count). The second-order valence-electron chi connectivity index (χ2n) is 3.01. The van der Waals surface area contributed by atoms with Gasteiger partial charge in [0, 0.05) is 12.1 Å². The maximum Gasteiger partial charge on any atom is 0.271 e. The van der Waals surface area contributed by atoms with Gasteiger partial charge in [-0.05, 0) is 6.07 Å². The number of hydrogen-bond acceptors (Lipinski definition) is 5. The number of nitrogens with zero attached hydrogens (tertiary/aromatic N) is 1. The van der Waals surface area contributed by atoms with Crippen LogP contribution in [-0.4, -0.2) is 22.8 Å². The minimum atomic E-state index is -0.450. The van der Waals surface area contributed by atoms with E-state index in [2.05, 4.69) is 10.6 Å². The minimum absolute atomic E-state index is 0.0386. The van der Waals surface area contributed by atoms with Gasteiger partial charge in [0.1, 0.15) is 6.17 Å². The number of non-ortho nitro benzene ring substituents is 1. The van der Waals surface area contributed by atoms with Gasteiger partial charge in [0.2, 0.25) is 0 Å². The Bertz CT molecular complexity index is 380. The zero-order valence-corrected chi connectivity index (χ0v) is 7.23. The second-order valence-corrected chi connectivity index (χ2v) is 3.01. The first kappa shape index (κ1) is 8.76. The molecule has 6 heteroatoms. The Balaban J connectivity index is 2.31.